The summed E-state index contributed by atoms with van der Waals surface area (Å²) in [6.45, 7) is 0. The van der Waals surface area contributed by atoms with Gasteiger partial charge in [-0.05, 0) is 18.2 Å². The Balaban J connectivity index is 1.90. The maximum Gasteiger partial charge on any atom is 0.316 e. The van der Waals surface area contributed by atoms with Crippen LogP contribution in [0.4, 0.5) is 16.2 Å². The van der Waals surface area contributed by atoms with Crippen molar-refractivity contribution >= 4 is 29.6 Å². The van der Waals surface area contributed by atoms with Gasteiger partial charge in [-0.3, -0.25) is 9.59 Å². The fourth-order valence-electron chi connectivity index (χ4n) is 2.33. The van der Waals surface area contributed by atoms with E-state index in [1.807, 2.05) is 6.07 Å². The van der Waals surface area contributed by atoms with E-state index in [0.29, 0.717) is 12.0 Å². The zero-order valence-corrected chi connectivity index (χ0v) is 14.2. The number of urea groups is 1. The Morgan fingerprint density at radius 1 is 1.18 bits per heavy atom. The lowest BCUT2D eigenvalue weighted by molar-refractivity contribution is 0.102. The predicted octanol–water partition coefficient (Wildman–Crippen LogP) is 1.09. The molecule has 3 amide bonds. The van der Waals surface area contributed by atoms with E-state index in [0.717, 1.165) is 0 Å². The van der Waals surface area contributed by atoms with Crippen molar-refractivity contribution in [2.24, 2.45) is 5.73 Å². The molecule has 11 heteroatoms. The van der Waals surface area contributed by atoms with Crippen LogP contribution < -0.4 is 16.4 Å². The minimum absolute atomic E-state index is 0.0339. The van der Waals surface area contributed by atoms with Crippen molar-refractivity contribution in [1.82, 2.24) is 19.7 Å². The number of aldehydes is 1. The second kappa shape index (κ2) is 7.75. The third-order valence-corrected chi connectivity index (χ3v) is 3.53. The van der Waals surface area contributed by atoms with E-state index in [1.54, 1.807) is 0 Å². The molecule has 0 fully saturated rings. The molecule has 0 saturated carbocycles. The number of nitrogens with two attached hydrogens (primary N) is 1. The maximum atomic E-state index is 12.4. The normalized spacial score (nSPS) is 9.96. The lowest BCUT2D eigenvalue weighted by atomic mass is 10.2. The molecule has 0 unspecified atom stereocenters. The van der Waals surface area contributed by atoms with Crippen molar-refractivity contribution in [1.29, 1.82) is 5.26 Å². The standard InChI is InChI=1S/C17H12N8O3/c18-7-12-5-10(1-3-20-12)16(27)24-13-8-22-25(14(13)9-26)15-6-11(2-4-21-15)23-17(19)28/h1-6,8-9H,(H,24,27)(H3,19,21,23,28). The number of nitriles is 1. The highest BCUT2D eigenvalue weighted by Gasteiger charge is 2.16. The zero-order valence-electron chi connectivity index (χ0n) is 14.2. The highest BCUT2D eigenvalue weighted by atomic mass is 16.2. The molecular weight excluding hydrogens is 364 g/mol. The Hall–Kier alpha value is -4.59. The first-order valence-corrected chi connectivity index (χ1v) is 7.75. The Labute approximate surface area is 157 Å². The predicted molar refractivity (Wildman–Crippen MR) is 96.9 cm³/mol. The van der Waals surface area contributed by atoms with Crippen molar-refractivity contribution < 1.29 is 14.4 Å². The van der Waals surface area contributed by atoms with Crippen LogP contribution in [0.5, 0.6) is 0 Å². The number of carbonyl (C=O) groups excluding carboxylic acids is 3. The van der Waals surface area contributed by atoms with Gasteiger partial charge in [0.2, 0.25) is 0 Å². The third-order valence-electron chi connectivity index (χ3n) is 3.53. The van der Waals surface area contributed by atoms with Crippen LogP contribution in [0, 0.1) is 11.3 Å². The fraction of sp³-hybridized carbons (Fsp3) is 0. The van der Waals surface area contributed by atoms with E-state index in [2.05, 4.69) is 25.7 Å². The lowest BCUT2D eigenvalue weighted by Crippen LogP contribution is -2.19. The molecule has 0 aliphatic rings. The van der Waals surface area contributed by atoms with Gasteiger partial charge in [-0.1, -0.05) is 0 Å². The topological polar surface area (TPSA) is 169 Å². The van der Waals surface area contributed by atoms with Gasteiger partial charge in [-0.25, -0.2) is 19.4 Å². The summed E-state index contributed by atoms with van der Waals surface area (Å²) in [5.41, 5.74) is 5.90. The molecule has 0 aromatic carbocycles. The largest absolute Gasteiger partial charge is 0.351 e. The summed E-state index contributed by atoms with van der Waals surface area (Å²) in [5.74, 6) is -0.316. The van der Waals surface area contributed by atoms with Crippen LogP contribution in [0.3, 0.4) is 0 Å². The van der Waals surface area contributed by atoms with Gasteiger partial charge in [0.1, 0.15) is 17.5 Å². The summed E-state index contributed by atoms with van der Waals surface area (Å²) in [6.07, 6.45) is 4.52. The fourth-order valence-corrected chi connectivity index (χ4v) is 2.33. The highest BCUT2D eigenvalue weighted by molar-refractivity contribution is 6.06. The van der Waals surface area contributed by atoms with E-state index in [9.17, 15) is 14.4 Å². The van der Waals surface area contributed by atoms with Crippen molar-refractivity contribution in [3.8, 4) is 11.9 Å². The van der Waals surface area contributed by atoms with Crippen LogP contribution in [0.15, 0.2) is 42.9 Å². The number of nitrogens with zero attached hydrogens (tertiary/aromatic N) is 5. The second-order valence-corrected chi connectivity index (χ2v) is 5.36. The molecule has 0 atom stereocenters. The molecule has 28 heavy (non-hydrogen) atoms. The highest BCUT2D eigenvalue weighted by Crippen LogP contribution is 2.19. The first-order chi connectivity index (χ1) is 13.5. The van der Waals surface area contributed by atoms with Crippen molar-refractivity contribution in [3.63, 3.8) is 0 Å². The summed E-state index contributed by atoms with van der Waals surface area (Å²) in [4.78, 5) is 42.8. The molecule has 0 radical (unpaired) electrons. The molecule has 0 saturated heterocycles. The van der Waals surface area contributed by atoms with Crippen molar-refractivity contribution in [2.75, 3.05) is 10.6 Å². The van der Waals surface area contributed by atoms with E-state index in [1.165, 1.54) is 47.5 Å². The number of anilines is 2. The number of rotatable bonds is 5. The molecule has 138 valence electrons. The molecule has 3 rings (SSSR count). The van der Waals surface area contributed by atoms with Gasteiger partial charge in [0.25, 0.3) is 5.91 Å². The smallest absolute Gasteiger partial charge is 0.316 e. The van der Waals surface area contributed by atoms with E-state index < -0.39 is 11.9 Å². The van der Waals surface area contributed by atoms with Gasteiger partial charge in [-0.2, -0.15) is 10.4 Å². The molecule has 3 aromatic rings. The van der Waals surface area contributed by atoms with Crippen LogP contribution in [0.1, 0.15) is 26.5 Å². The summed E-state index contributed by atoms with van der Waals surface area (Å²) < 4.78 is 1.20. The van der Waals surface area contributed by atoms with Crippen LogP contribution in [-0.4, -0.2) is 38.0 Å². The minimum Gasteiger partial charge on any atom is -0.351 e. The van der Waals surface area contributed by atoms with Crippen LogP contribution in [0.25, 0.3) is 5.82 Å². The molecule has 3 aromatic heterocycles. The molecule has 11 nitrogen and oxygen atoms in total. The van der Waals surface area contributed by atoms with E-state index in [-0.39, 0.29) is 28.5 Å². The van der Waals surface area contributed by atoms with Crippen molar-refractivity contribution in [3.05, 3.63) is 59.8 Å². The number of primary amides is 1. The van der Waals surface area contributed by atoms with Crippen LogP contribution in [0.2, 0.25) is 0 Å². The average molecular weight is 376 g/mol. The number of aromatic nitrogens is 4. The summed E-state index contributed by atoms with van der Waals surface area (Å²) >= 11 is 0. The maximum absolute atomic E-state index is 12.4. The van der Waals surface area contributed by atoms with Gasteiger partial charge < -0.3 is 16.4 Å². The number of carbonyl (C=O) groups is 3. The quantitative estimate of drug-likeness (QED) is 0.560. The molecule has 3 heterocycles. The SMILES string of the molecule is N#Cc1cc(C(=O)Nc2cnn(-c3cc(NC(N)=O)ccn3)c2C=O)ccn1. The second-order valence-electron chi connectivity index (χ2n) is 5.36. The number of amides is 3. The van der Waals surface area contributed by atoms with Gasteiger partial charge in [0, 0.05) is 29.7 Å². The third kappa shape index (κ3) is 3.81. The number of nitrogens with one attached hydrogen (secondary N) is 2. The Bertz CT molecular complexity index is 1120. The first-order valence-electron chi connectivity index (χ1n) is 7.75. The number of hydrogen-bond acceptors (Lipinski definition) is 7. The summed E-state index contributed by atoms with van der Waals surface area (Å²) in [7, 11) is 0. The molecule has 0 spiro atoms. The Morgan fingerprint density at radius 2 is 1.96 bits per heavy atom. The summed E-state index contributed by atoms with van der Waals surface area (Å²) in [5, 5.41) is 17.9. The monoisotopic (exact) mass is 376 g/mol. The van der Waals surface area contributed by atoms with Gasteiger partial charge in [-0.15, -0.1) is 0 Å². The minimum atomic E-state index is -0.754. The molecule has 0 bridgehead atoms. The molecule has 4 N–H and O–H groups in total. The number of pyridine rings is 2. The Morgan fingerprint density at radius 3 is 2.68 bits per heavy atom. The van der Waals surface area contributed by atoms with Gasteiger partial charge >= 0.3 is 6.03 Å². The molecule has 0 aliphatic heterocycles. The Kier molecular flexibility index (Phi) is 5.04. The average Bonchev–Trinajstić information content (AvgIpc) is 3.10. The van der Waals surface area contributed by atoms with Crippen LogP contribution >= 0.6 is 0 Å². The van der Waals surface area contributed by atoms with Gasteiger partial charge in [0.15, 0.2) is 12.1 Å². The number of hydrogen-bond donors (Lipinski definition) is 3. The van der Waals surface area contributed by atoms with E-state index in [4.69, 9.17) is 11.0 Å². The summed E-state index contributed by atoms with van der Waals surface area (Å²) in [6, 6.07) is 6.81. The van der Waals surface area contributed by atoms with Crippen LogP contribution in [-0.2, 0) is 0 Å². The first kappa shape index (κ1) is 18.2. The molecule has 0 aliphatic carbocycles. The van der Waals surface area contributed by atoms with Gasteiger partial charge in [0.05, 0.1) is 11.9 Å². The zero-order chi connectivity index (χ0) is 20.1. The van der Waals surface area contributed by atoms with Crippen molar-refractivity contribution in [2.45, 2.75) is 0 Å². The van der Waals surface area contributed by atoms with E-state index >= 15 is 0 Å². The lowest BCUT2D eigenvalue weighted by Gasteiger charge is -2.07. The molecular formula is C17H12N8O3.